The molecule has 0 amide bonds. The van der Waals surface area contributed by atoms with E-state index in [-0.39, 0.29) is 11.8 Å². The molecular formula is C13H19NO4. The maximum atomic E-state index is 11.6. The molecule has 1 saturated carbocycles. The highest BCUT2D eigenvalue weighted by molar-refractivity contribution is 5.86. The molecule has 1 fully saturated rings. The number of carbonyl (C=O) groups is 2. The number of nitrogens with zero attached hydrogens (tertiary/aromatic N) is 1. The van der Waals surface area contributed by atoms with E-state index in [1.54, 1.807) is 13.8 Å². The van der Waals surface area contributed by atoms with Crippen molar-refractivity contribution in [3.8, 4) is 6.07 Å². The van der Waals surface area contributed by atoms with Crippen LogP contribution in [0.15, 0.2) is 0 Å². The molecule has 1 rings (SSSR count). The second kappa shape index (κ2) is 5.38. The van der Waals surface area contributed by atoms with Gasteiger partial charge in [0, 0.05) is 0 Å². The average Bonchev–Trinajstić information content (AvgIpc) is 2.77. The maximum absolute atomic E-state index is 11.6. The van der Waals surface area contributed by atoms with Crippen LogP contribution in [0, 0.1) is 34.5 Å². The summed E-state index contributed by atoms with van der Waals surface area (Å²) in [6, 6.07) is 1.84. The SMILES string of the molecule is CC(C)C(C(=O)O)C(C#N)(C(=O)O)C1CCCC1. The van der Waals surface area contributed by atoms with Crippen LogP contribution < -0.4 is 0 Å². The number of nitriles is 1. The molecule has 0 aromatic carbocycles. The van der Waals surface area contributed by atoms with Gasteiger partial charge in [-0.3, -0.25) is 9.59 Å². The average molecular weight is 253 g/mol. The van der Waals surface area contributed by atoms with Crippen LogP contribution in [0.3, 0.4) is 0 Å². The van der Waals surface area contributed by atoms with E-state index in [0.717, 1.165) is 12.8 Å². The highest BCUT2D eigenvalue weighted by Crippen LogP contribution is 2.47. The number of carboxylic acid groups (broad SMARTS) is 2. The van der Waals surface area contributed by atoms with Crippen LogP contribution in [0.4, 0.5) is 0 Å². The van der Waals surface area contributed by atoms with Gasteiger partial charge in [0.1, 0.15) is 0 Å². The summed E-state index contributed by atoms with van der Waals surface area (Å²) in [7, 11) is 0. The predicted molar refractivity (Wildman–Crippen MR) is 63.6 cm³/mol. The molecule has 0 aliphatic heterocycles. The second-order valence-corrected chi connectivity index (χ2v) is 5.33. The van der Waals surface area contributed by atoms with Gasteiger partial charge in [-0.05, 0) is 24.7 Å². The monoisotopic (exact) mass is 253 g/mol. The van der Waals surface area contributed by atoms with Crippen molar-refractivity contribution in [2.24, 2.45) is 23.2 Å². The van der Waals surface area contributed by atoms with Crippen molar-refractivity contribution in [2.75, 3.05) is 0 Å². The van der Waals surface area contributed by atoms with Crippen LogP contribution in [-0.2, 0) is 9.59 Å². The Labute approximate surface area is 106 Å². The Kier molecular flexibility index (Phi) is 4.33. The van der Waals surface area contributed by atoms with Crippen molar-refractivity contribution in [2.45, 2.75) is 39.5 Å². The van der Waals surface area contributed by atoms with E-state index in [9.17, 15) is 25.1 Å². The summed E-state index contributed by atoms with van der Waals surface area (Å²) in [6.45, 7) is 3.31. The largest absolute Gasteiger partial charge is 0.481 e. The first-order valence-electron chi connectivity index (χ1n) is 6.25. The van der Waals surface area contributed by atoms with Crippen molar-refractivity contribution in [1.29, 1.82) is 5.26 Å². The van der Waals surface area contributed by atoms with E-state index in [2.05, 4.69) is 0 Å². The lowest BCUT2D eigenvalue weighted by atomic mass is 9.63. The molecule has 5 nitrogen and oxygen atoms in total. The molecule has 0 aromatic rings. The quantitative estimate of drug-likeness (QED) is 0.782. The minimum atomic E-state index is -1.80. The first kappa shape index (κ1) is 14.5. The molecule has 0 heterocycles. The summed E-state index contributed by atoms with van der Waals surface area (Å²) < 4.78 is 0. The summed E-state index contributed by atoms with van der Waals surface area (Å²) in [5, 5.41) is 28.2. The van der Waals surface area contributed by atoms with Crippen molar-refractivity contribution < 1.29 is 19.8 Å². The van der Waals surface area contributed by atoms with Gasteiger partial charge < -0.3 is 10.2 Å². The molecule has 0 radical (unpaired) electrons. The normalized spacial score (nSPS) is 21.2. The van der Waals surface area contributed by atoms with Gasteiger partial charge in [-0.25, -0.2) is 0 Å². The topological polar surface area (TPSA) is 98.4 Å². The summed E-state index contributed by atoms with van der Waals surface area (Å²) >= 11 is 0. The molecular weight excluding hydrogens is 234 g/mol. The molecule has 2 N–H and O–H groups in total. The number of rotatable bonds is 5. The minimum Gasteiger partial charge on any atom is -0.481 e. The van der Waals surface area contributed by atoms with E-state index >= 15 is 0 Å². The van der Waals surface area contributed by atoms with E-state index in [1.807, 2.05) is 6.07 Å². The van der Waals surface area contributed by atoms with E-state index in [1.165, 1.54) is 0 Å². The summed E-state index contributed by atoms with van der Waals surface area (Å²) in [5.74, 6) is -4.40. The van der Waals surface area contributed by atoms with Gasteiger partial charge in [0.15, 0.2) is 5.41 Å². The van der Waals surface area contributed by atoms with Crippen LogP contribution in [0.2, 0.25) is 0 Å². The zero-order valence-corrected chi connectivity index (χ0v) is 10.7. The summed E-state index contributed by atoms with van der Waals surface area (Å²) in [5.41, 5.74) is -1.80. The van der Waals surface area contributed by atoms with Crippen molar-refractivity contribution >= 4 is 11.9 Å². The Morgan fingerprint density at radius 1 is 1.28 bits per heavy atom. The lowest BCUT2D eigenvalue weighted by molar-refractivity contribution is -0.164. The molecule has 2 unspecified atom stereocenters. The van der Waals surface area contributed by atoms with Gasteiger partial charge in [0.25, 0.3) is 0 Å². The molecule has 2 atom stereocenters. The fourth-order valence-corrected chi connectivity index (χ4v) is 3.16. The third kappa shape index (κ3) is 2.20. The van der Waals surface area contributed by atoms with Gasteiger partial charge in [0.05, 0.1) is 12.0 Å². The first-order chi connectivity index (χ1) is 8.37. The van der Waals surface area contributed by atoms with Gasteiger partial charge in [-0.2, -0.15) is 5.26 Å². The molecule has 0 spiro atoms. The highest BCUT2D eigenvalue weighted by Gasteiger charge is 2.57. The zero-order valence-electron chi connectivity index (χ0n) is 10.7. The van der Waals surface area contributed by atoms with Crippen LogP contribution in [0.25, 0.3) is 0 Å². The fraction of sp³-hybridized carbons (Fsp3) is 0.769. The Balaban J connectivity index is 3.29. The Morgan fingerprint density at radius 2 is 1.78 bits per heavy atom. The standard InChI is InChI=1S/C13H19NO4/c1-8(2)10(11(15)16)13(7-14,12(17)18)9-5-3-4-6-9/h8-10H,3-6H2,1-2H3,(H,15,16)(H,17,18). The molecule has 1 aliphatic rings. The smallest absolute Gasteiger partial charge is 0.325 e. The lowest BCUT2D eigenvalue weighted by Crippen LogP contribution is -2.48. The Morgan fingerprint density at radius 3 is 2.06 bits per heavy atom. The number of hydrogen-bond acceptors (Lipinski definition) is 3. The number of aliphatic carboxylic acids is 2. The van der Waals surface area contributed by atoms with Crippen LogP contribution in [-0.4, -0.2) is 22.2 Å². The van der Waals surface area contributed by atoms with Crippen LogP contribution in [0.5, 0.6) is 0 Å². The molecule has 0 saturated heterocycles. The predicted octanol–water partition coefficient (Wildman–Crippen LogP) is 2.13. The van der Waals surface area contributed by atoms with E-state index in [0.29, 0.717) is 12.8 Å². The van der Waals surface area contributed by atoms with E-state index < -0.39 is 23.3 Å². The molecule has 1 aliphatic carbocycles. The lowest BCUT2D eigenvalue weighted by Gasteiger charge is -2.35. The third-order valence-corrected chi connectivity index (χ3v) is 3.96. The van der Waals surface area contributed by atoms with Crippen LogP contribution in [0.1, 0.15) is 39.5 Å². The van der Waals surface area contributed by atoms with Crippen molar-refractivity contribution in [3.05, 3.63) is 0 Å². The zero-order chi connectivity index (χ0) is 13.9. The minimum absolute atomic E-state index is 0.358. The van der Waals surface area contributed by atoms with Gasteiger partial charge >= 0.3 is 11.9 Å². The molecule has 100 valence electrons. The summed E-state index contributed by atoms with van der Waals surface area (Å²) in [4.78, 5) is 23.0. The number of carboxylic acids is 2. The number of hydrogen-bond donors (Lipinski definition) is 2. The molecule has 5 heteroatoms. The van der Waals surface area contributed by atoms with Crippen molar-refractivity contribution in [3.63, 3.8) is 0 Å². The van der Waals surface area contributed by atoms with Gasteiger partial charge in [0.2, 0.25) is 0 Å². The highest BCUT2D eigenvalue weighted by atomic mass is 16.4. The second-order valence-electron chi connectivity index (χ2n) is 5.33. The fourth-order valence-electron chi connectivity index (χ4n) is 3.16. The van der Waals surface area contributed by atoms with Crippen LogP contribution >= 0.6 is 0 Å². The Hall–Kier alpha value is -1.57. The van der Waals surface area contributed by atoms with E-state index in [4.69, 9.17) is 0 Å². The molecule has 0 aromatic heterocycles. The van der Waals surface area contributed by atoms with Crippen molar-refractivity contribution in [1.82, 2.24) is 0 Å². The van der Waals surface area contributed by atoms with Gasteiger partial charge in [-0.1, -0.05) is 26.7 Å². The Bertz CT molecular complexity index is 379. The molecule has 18 heavy (non-hydrogen) atoms. The summed E-state index contributed by atoms with van der Waals surface area (Å²) in [6.07, 6.45) is 2.98. The molecule has 0 bridgehead atoms. The first-order valence-corrected chi connectivity index (χ1v) is 6.25. The van der Waals surface area contributed by atoms with Gasteiger partial charge in [-0.15, -0.1) is 0 Å². The third-order valence-electron chi connectivity index (χ3n) is 3.96. The maximum Gasteiger partial charge on any atom is 0.325 e.